The lowest BCUT2D eigenvalue weighted by molar-refractivity contribution is -0.139. The molecule has 0 radical (unpaired) electrons. The fourth-order valence-electron chi connectivity index (χ4n) is 1.48. The molecule has 0 bridgehead atoms. The molecule has 1 aliphatic rings. The number of nitrogens with zero attached hydrogens (tertiary/aromatic N) is 1. The van der Waals surface area contributed by atoms with Crippen molar-refractivity contribution in [1.82, 2.24) is 10.2 Å². The third-order valence-corrected chi connectivity index (χ3v) is 2.90. The van der Waals surface area contributed by atoms with Crippen molar-refractivity contribution in [2.24, 2.45) is 5.92 Å². The van der Waals surface area contributed by atoms with Crippen molar-refractivity contribution >= 4 is 23.8 Å². The van der Waals surface area contributed by atoms with Crippen LogP contribution in [0.4, 0.5) is 4.79 Å². The summed E-state index contributed by atoms with van der Waals surface area (Å²) in [5.41, 5.74) is 0. The predicted molar refractivity (Wildman–Crippen MR) is 59.1 cm³/mol. The van der Waals surface area contributed by atoms with Crippen molar-refractivity contribution in [3.63, 3.8) is 0 Å². The van der Waals surface area contributed by atoms with Crippen LogP contribution in [0.2, 0.25) is 0 Å². The minimum absolute atomic E-state index is 0.0781. The van der Waals surface area contributed by atoms with Gasteiger partial charge in [0.2, 0.25) is 0 Å². The zero-order chi connectivity index (χ0) is 11.3. The fraction of sp³-hybridized carbons (Fsp3) is 0.778. The number of carboxylic acid groups (broad SMARTS) is 1. The van der Waals surface area contributed by atoms with E-state index >= 15 is 0 Å². The number of hydrogen-bond acceptors (Lipinski definition) is 3. The average Bonchev–Trinajstić information content (AvgIpc) is 2.10. The Morgan fingerprint density at radius 3 is 2.73 bits per heavy atom. The second-order valence-corrected chi connectivity index (χ2v) is 4.58. The van der Waals surface area contributed by atoms with E-state index in [9.17, 15) is 9.59 Å². The molecular formula is C9H16N2O3S. The summed E-state index contributed by atoms with van der Waals surface area (Å²) >= 11 is 1.68. The third kappa shape index (κ3) is 3.99. The highest BCUT2D eigenvalue weighted by atomic mass is 32.2. The summed E-state index contributed by atoms with van der Waals surface area (Å²) in [6.07, 6.45) is 2.15. The zero-order valence-corrected chi connectivity index (χ0v) is 9.55. The van der Waals surface area contributed by atoms with Crippen LogP contribution in [0.1, 0.15) is 6.42 Å². The van der Waals surface area contributed by atoms with E-state index in [0.29, 0.717) is 19.6 Å². The van der Waals surface area contributed by atoms with Gasteiger partial charge in [0.05, 0.1) is 6.42 Å². The molecule has 0 aromatic heterocycles. The molecule has 0 saturated carbocycles. The molecule has 0 aromatic rings. The van der Waals surface area contributed by atoms with Gasteiger partial charge in [-0.05, 0) is 6.26 Å². The number of urea groups is 1. The van der Waals surface area contributed by atoms with E-state index in [4.69, 9.17) is 5.11 Å². The molecule has 15 heavy (non-hydrogen) atoms. The van der Waals surface area contributed by atoms with Crippen molar-refractivity contribution < 1.29 is 14.7 Å². The third-order valence-electron chi connectivity index (χ3n) is 2.29. The predicted octanol–water partition coefficient (Wildman–Crippen LogP) is 0.465. The molecular weight excluding hydrogens is 216 g/mol. The largest absolute Gasteiger partial charge is 0.481 e. The second kappa shape index (κ2) is 5.85. The Morgan fingerprint density at radius 1 is 1.53 bits per heavy atom. The lowest BCUT2D eigenvalue weighted by Gasteiger charge is -2.38. The van der Waals surface area contributed by atoms with E-state index in [1.807, 2.05) is 6.26 Å². The molecule has 1 saturated heterocycles. The van der Waals surface area contributed by atoms with Gasteiger partial charge in [-0.3, -0.25) is 4.79 Å². The summed E-state index contributed by atoms with van der Waals surface area (Å²) in [5, 5.41) is 11.3. The van der Waals surface area contributed by atoms with Crippen LogP contribution in [0.3, 0.4) is 0 Å². The Balaban J connectivity index is 2.09. The molecule has 6 heteroatoms. The molecule has 0 spiro atoms. The second-order valence-electron chi connectivity index (χ2n) is 3.59. The molecule has 0 aromatic carbocycles. The van der Waals surface area contributed by atoms with Crippen LogP contribution in [0.25, 0.3) is 0 Å². The molecule has 2 N–H and O–H groups in total. The smallest absolute Gasteiger partial charge is 0.317 e. The van der Waals surface area contributed by atoms with Crippen LogP contribution in [0.15, 0.2) is 0 Å². The maximum atomic E-state index is 11.4. The van der Waals surface area contributed by atoms with E-state index in [-0.39, 0.29) is 18.4 Å². The van der Waals surface area contributed by atoms with Gasteiger partial charge in [-0.1, -0.05) is 0 Å². The number of thioether (sulfide) groups is 1. The normalized spacial score (nSPS) is 15.9. The molecule has 1 fully saturated rings. The zero-order valence-electron chi connectivity index (χ0n) is 8.73. The van der Waals surface area contributed by atoms with Crippen LogP contribution in [-0.4, -0.2) is 53.6 Å². The number of rotatable bonds is 5. The Bertz CT molecular complexity index is 242. The number of likely N-dealkylation sites (tertiary alicyclic amines) is 1. The van der Waals surface area contributed by atoms with Crippen LogP contribution in [0.5, 0.6) is 0 Å². The van der Waals surface area contributed by atoms with Gasteiger partial charge in [0.1, 0.15) is 0 Å². The molecule has 86 valence electrons. The number of nitrogens with one attached hydrogen (secondary N) is 1. The van der Waals surface area contributed by atoms with Crippen molar-refractivity contribution in [2.45, 2.75) is 6.42 Å². The topological polar surface area (TPSA) is 69.6 Å². The first-order valence-electron chi connectivity index (χ1n) is 4.87. The van der Waals surface area contributed by atoms with Gasteiger partial charge in [-0.25, -0.2) is 4.79 Å². The number of carbonyl (C=O) groups is 2. The molecule has 1 heterocycles. The molecule has 2 amide bonds. The van der Waals surface area contributed by atoms with Crippen LogP contribution in [0, 0.1) is 5.92 Å². The van der Waals surface area contributed by atoms with Crippen molar-refractivity contribution in [2.75, 3.05) is 31.6 Å². The number of carboxylic acids is 1. The molecule has 0 atom stereocenters. The lowest BCUT2D eigenvalue weighted by atomic mass is 9.97. The Hall–Kier alpha value is -0.910. The summed E-state index contributed by atoms with van der Waals surface area (Å²) in [5.74, 6) is 0.245. The molecule has 1 rings (SSSR count). The van der Waals surface area contributed by atoms with Gasteiger partial charge in [0, 0.05) is 31.3 Å². The van der Waals surface area contributed by atoms with Gasteiger partial charge in [0.25, 0.3) is 0 Å². The average molecular weight is 232 g/mol. The monoisotopic (exact) mass is 232 g/mol. The minimum Gasteiger partial charge on any atom is -0.481 e. The van der Waals surface area contributed by atoms with Crippen LogP contribution < -0.4 is 5.32 Å². The Labute approximate surface area is 93.2 Å². The summed E-state index contributed by atoms with van der Waals surface area (Å²) in [4.78, 5) is 23.4. The maximum Gasteiger partial charge on any atom is 0.317 e. The van der Waals surface area contributed by atoms with Crippen LogP contribution in [-0.2, 0) is 4.79 Å². The summed E-state index contributed by atoms with van der Waals surface area (Å²) in [7, 11) is 0. The Morgan fingerprint density at radius 2 is 2.20 bits per heavy atom. The van der Waals surface area contributed by atoms with E-state index in [0.717, 1.165) is 5.75 Å². The van der Waals surface area contributed by atoms with Gasteiger partial charge in [-0.2, -0.15) is 11.8 Å². The summed E-state index contributed by atoms with van der Waals surface area (Å²) < 4.78 is 0. The standard InChI is InChI=1S/C9H16N2O3S/c1-15-3-2-10-9(14)11-5-7(6-11)4-8(12)13/h7H,2-6H2,1H3,(H,10,14)(H,12,13). The van der Waals surface area contributed by atoms with Gasteiger partial charge in [-0.15, -0.1) is 0 Å². The van der Waals surface area contributed by atoms with Crippen molar-refractivity contribution in [1.29, 1.82) is 0 Å². The highest BCUT2D eigenvalue weighted by molar-refractivity contribution is 7.98. The number of aliphatic carboxylic acids is 1. The van der Waals surface area contributed by atoms with Crippen molar-refractivity contribution in [3.8, 4) is 0 Å². The highest BCUT2D eigenvalue weighted by Gasteiger charge is 2.31. The van der Waals surface area contributed by atoms with Gasteiger partial charge >= 0.3 is 12.0 Å². The van der Waals surface area contributed by atoms with E-state index in [1.54, 1.807) is 16.7 Å². The molecule has 1 aliphatic heterocycles. The first-order valence-corrected chi connectivity index (χ1v) is 6.26. The van der Waals surface area contributed by atoms with E-state index < -0.39 is 5.97 Å². The number of hydrogen-bond donors (Lipinski definition) is 2. The quantitative estimate of drug-likeness (QED) is 0.676. The molecule has 0 aliphatic carbocycles. The van der Waals surface area contributed by atoms with Crippen LogP contribution >= 0.6 is 11.8 Å². The first-order chi connectivity index (χ1) is 7.13. The summed E-state index contributed by atoms with van der Waals surface area (Å²) in [6, 6.07) is -0.0781. The van der Waals surface area contributed by atoms with Crippen molar-refractivity contribution in [3.05, 3.63) is 0 Å². The number of carbonyl (C=O) groups excluding carboxylic acids is 1. The Kier molecular flexibility index (Phi) is 4.74. The van der Waals surface area contributed by atoms with E-state index in [2.05, 4.69) is 5.32 Å². The molecule has 5 nitrogen and oxygen atoms in total. The first kappa shape index (κ1) is 12.2. The SMILES string of the molecule is CSCCNC(=O)N1CC(CC(=O)O)C1. The highest BCUT2D eigenvalue weighted by Crippen LogP contribution is 2.18. The number of amides is 2. The van der Waals surface area contributed by atoms with Gasteiger partial charge in [0.15, 0.2) is 0 Å². The maximum absolute atomic E-state index is 11.4. The minimum atomic E-state index is -0.789. The van der Waals surface area contributed by atoms with E-state index in [1.165, 1.54) is 0 Å². The fourth-order valence-corrected chi connectivity index (χ4v) is 1.79. The molecule has 0 unspecified atom stereocenters. The summed E-state index contributed by atoms with van der Waals surface area (Å²) in [6.45, 7) is 1.80. The lowest BCUT2D eigenvalue weighted by Crippen LogP contribution is -2.54. The van der Waals surface area contributed by atoms with Gasteiger partial charge < -0.3 is 15.3 Å².